The van der Waals surface area contributed by atoms with Crippen molar-refractivity contribution < 1.29 is 22.8 Å². The van der Waals surface area contributed by atoms with E-state index in [0.717, 1.165) is 10.7 Å². The van der Waals surface area contributed by atoms with E-state index in [1.54, 1.807) is 4.90 Å². The van der Waals surface area contributed by atoms with Crippen LogP contribution in [0.4, 0.5) is 0 Å². The SMILES string of the molecule is CCCNC(=O)CN1CCN(C(=O)c2ccc3c(c2)S(=O)(=O)N(C2CC2)C3=O)CC1. The van der Waals surface area contributed by atoms with Gasteiger partial charge in [0.1, 0.15) is 4.90 Å². The van der Waals surface area contributed by atoms with E-state index in [-0.39, 0.29) is 33.9 Å². The molecule has 1 aliphatic carbocycles. The van der Waals surface area contributed by atoms with Gasteiger partial charge in [-0.15, -0.1) is 0 Å². The van der Waals surface area contributed by atoms with E-state index in [1.807, 2.05) is 11.8 Å². The van der Waals surface area contributed by atoms with E-state index in [1.165, 1.54) is 18.2 Å². The van der Waals surface area contributed by atoms with Gasteiger partial charge in [0.15, 0.2) is 0 Å². The lowest BCUT2D eigenvalue weighted by Crippen LogP contribution is -2.51. The van der Waals surface area contributed by atoms with Gasteiger partial charge < -0.3 is 10.2 Å². The minimum absolute atomic E-state index is 0.0228. The Labute approximate surface area is 176 Å². The van der Waals surface area contributed by atoms with E-state index in [0.29, 0.717) is 52.1 Å². The molecule has 1 saturated heterocycles. The summed E-state index contributed by atoms with van der Waals surface area (Å²) in [6.45, 7) is 5.00. The van der Waals surface area contributed by atoms with E-state index in [2.05, 4.69) is 5.32 Å². The second-order valence-electron chi connectivity index (χ2n) is 7.97. The molecule has 3 aliphatic rings. The summed E-state index contributed by atoms with van der Waals surface area (Å²) in [4.78, 5) is 40.8. The predicted octanol–water partition coefficient (Wildman–Crippen LogP) is 0.278. The molecule has 10 heteroatoms. The molecule has 30 heavy (non-hydrogen) atoms. The highest BCUT2D eigenvalue weighted by Crippen LogP contribution is 2.39. The fourth-order valence-electron chi connectivity index (χ4n) is 3.87. The molecule has 4 rings (SSSR count). The standard InChI is InChI=1S/C20H26N4O5S/c1-2-7-21-18(25)13-22-8-10-23(11-9-22)19(26)14-3-6-16-17(12-14)30(28,29)24(20(16)27)15-4-5-15/h3,6,12,15H,2,4-5,7-11,13H2,1H3,(H,21,25). The number of nitrogens with one attached hydrogen (secondary N) is 1. The summed E-state index contributed by atoms with van der Waals surface area (Å²) in [5.74, 6) is -0.785. The van der Waals surface area contributed by atoms with Gasteiger partial charge in [-0.25, -0.2) is 12.7 Å². The first kappa shape index (κ1) is 20.8. The zero-order valence-corrected chi connectivity index (χ0v) is 17.8. The molecule has 9 nitrogen and oxygen atoms in total. The summed E-state index contributed by atoms with van der Waals surface area (Å²) in [5, 5.41) is 2.84. The number of hydrogen-bond donors (Lipinski definition) is 1. The number of carbonyl (C=O) groups excluding carboxylic acids is 3. The molecule has 3 amide bonds. The van der Waals surface area contributed by atoms with Crippen LogP contribution >= 0.6 is 0 Å². The Hall–Kier alpha value is -2.46. The van der Waals surface area contributed by atoms with Crippen LogP contribution in [0.25, 0.3) is 0 Å². The van der Waals surface area contributed by atoms with Crippen molar-refractivity contribution in [3.8, 4) is 0 Å². The first-order valence-electron chi connectivity index (χ1n) is 10.3. The lowest BCUT2D eigenvalue weighted by Gasteiger charge is -2.34. The number of carbonyl (C=O) groups is 3. The van der Waals surface area contributed by atoms with Gasteiger partial charge in [0.25, 0.3) is 21.8 Å². The van der Waals surface area contributed by atoms with Gasteiger partial charge in [-0.05, 0) is 37.5 Å². The lowest BCUT2D eigenvalue weighted by molar-refractivity contribution is -0.122. The first-order valence-corrected chi connectivity index (χ1v) is 11.8. The summed E-state index contributed by atoms with van der Waals surface area (Å²) < 4.78 is 26.5. The van der Waals surface area contributed by atoms with Gasteiger partial charge in [-0.2, -0.15) is 0 Å². The number of hydrogen-bond acceptors (Lipinski definition) is 6. The van der Waals surface area contributed by atoms with Crippen LogP contribution < -0.4 is 5.32 Å². The number of sulfonamides is 1. The third-order valence-electron chi connectivity index (χ3n) is 5.67. The van der Waals surface area contributed by atoms with Crippen LogP contribution in [0.5, 0.6) is 0 Å². The summed E-state index contributed by atoms with van der Waals surface area (Å²) in [6.07, 6.45) is 2.26. The number of benzene rings is 1. The van der Waals surface area contributed by atoms with Crippen molar-refractivity contribution in [3.63, 3.8) is 0 Å². The summed E-state index contributed by atoms with van der Waals surface area (Å²) >= 11 is 0. The van der Waals surface area contributed by atoms with Crippen molar-refractivity contribution >= 4 is 27.7 Å². The van der Waals surface area contributed by atoms with E-state index < -0.39 is 15.9 Å². The minimum atomic E-state index is -3.89. The topological polar surface area (TPSA) is 107 Å². The molecule has 1 saturated carbocycles. The Morgan fingerprint density at radius 2 is 1.83 bits per heavy atom. The van der Waals surface area contributed by atoms with Crippen molar-refractivity contribution in [3.05, 3.63) is 29.3 Å². The van der Waals surface area contributed by atoms with Crippen LogP contribution in [0.1, 0.15) is 46.9 Å². The molecule has 1 N–H and O–H groups in total. The number of nitrogens with zero attached hydrogens (tertiary/aromatic N) is 3. The maximum atomic E-state index is 12.9. The zero-order chi connectivity index (χ0) is 21.5. The Morgan fingerprint density at radius 1 is 1.13 bits per heavy atom. The van der Waals surface area contributed by atoms with Gasteiger partial charge in [-0.1, -0.05) is 6.92 Å². The highest BCUT2D eigenvalue weighted by atomic mass is 32.2. The smallest absolute Gasteiger partial charge is 0.269 e. The highest BCUT2D eigenvalue weighted by molar-refractivity contribution is 7.90. The maximum Gasteiger partial charge on any atom is 0.269 e. The molecule has 0 radical (unpaired) electrons. The van der Waals surface area contributed by atoms with Crippen LogP contribution in [0, 0.1) is 0 Å². The monoisotopic (exact) mass is 434 g/mol. The van der Waals surface area contributed by atoms with Crippen molar-refractivity contribution in [1.29, 1.82) is 0 Å². The lowest BCUT2D eigenvalue weighted by atomic mass is 10.1. The van der Waals surface area contributed by atoms with E-state index >= 15 is 0 Å². The van der Waals surface area contributed by atoms with Gasteiger partial charge in [0, 0.05) is 44.3 Å². The van der Waals surface area contributed by atoms with E-state index in [4.69, 9.17) is 0 Å². The fourth-order valence-corrected chi connectivity index (χ4v) is 5.71. The normalized spacial score (nSPS) is 20.9. The zero-order valence-electron chi connectivity index (χ0n) is 17.0. The Balaban J connectivity index is 1.42. The summed E-state index contributed by atoms with van der Waals surface area (Å²) in [6, 6.07) is 4.05. The maximum absolute atomic E-state index is 12.9. The second-order valence-corrected chi connectivity index (χ2v) is 9.75. The average Bonchev–Trinajstić information content (AvgIpc) is 3.53. The van der Waals surface area contributed by atoms with Gasteiger partial charge >= 0.3 is 0 Å². The predicted molar refractivity (Wildman–Crippen MR) is 108 cm³/mol. The van der Waals surface area contributed by atoms with Crippen LogP contribution in [-0.4, -0.2) is 85.6 Å². The van der Waals surface area contributed by atoms with Gasteiger partial charge in [0.05, 0.1) is 12.1 Å². The van der Waals surface area contributed by atoms with Crippen LogP contribution in [0.15, 0.2) is 23.1 Å². The van der Waals surface area contributed by atoms with Crippen LogP contribution in [0.3, 0.4) is 0 Å². The summed E-state index contributed by atoms with van der Waals surface area (Å²) in [7, 11) is -3.89. The number of piperazine rings is 1. The van der Waals surface area contributed by atoms with Crippen molar-refractivity contribution in [1.82, 2.24) is 19.4 Å². The highest BCUT2D eigenvalue weighted by Gasteiger charge is 2.48. The van der Waals surface area contributed by atoms with Crippen molar-refractivity contribution in [2.24, 2.45) is 0 Å². The molecule has 2 fully saturated rings. The van der Waals surface area contributed by atoms with Gasteiger partial charge in [0.2, 0.25) is 5.91 Å². The largest absolute Gasteiger partial charge is 0.355 e. The quantitative estimate of drug-likeness (QED) is 0.689. The molecule has 0 unspecified atom stereocenters. The Bertz CT molecular complexity index is 981. The van der Waals surface area contributed by atoms with E-state index in [9.17, 15) is 22.8 Å². The Kier molecular flexibility index (Phi) is 5.54. The Morgan fingerprint density at radius 3 is 2.47 bits per heavy atom. The minimum Gasteiger partial charge on any atom is -0.355 e. The number of fused-ring (bicyclic) bond motifs is 1. The molecule has 162 valence electrons. The molecule has 0 spiro atoms. The number of amides is 3. The first-order chi connectivity index (χ1) is 14.3. The molecule has 0 bridgehead atoms. The van der Waals surface area contributed by atoms with Crippen LogP contribution in [-0.2, 0) is 14.8 Å². The third kappa shape index (κ3) is 3.81. The number of rotatable bonds is 6. The molecule has 2 aliphatic heterocycles. The molecule has 2 heterocycles. The van der Waals surface area contributed by atoms with Gasteiger partial charge in [-0.3, -0.25) is 19.3 Å². The molecule has 1 aromatic carbocycles. The molecular formula is C20H26N4O5S. The third-order valence-corrected chi connectivity index (χ3v) is 7.55. The van der Waals surface area contributed by atoms with Crippen molar-refractivity contribution in [2.75, 3.05) is 39.3 Å². The molecule has 1 aromatic rings. The van der Waals surface area contributed by atoms with Crippen LogP contribution in [0.2, 0.25) is 0 Å². The summed E-state index contributed by atoms with van der Waals surface area (Å²) in [5.41, 5.74) is 0.401. The fraction of sp³-hybridized carbons (Fsp3) is 0.550. The molecule has 0 atom stereocenters. The second kappa shape index (κ2) is 7.99. The molecule has 0 aromatic heterocycles. The van der Waals surface area contributed by atoms with Crippen molar-refractivity contribution in [2.45, 2.75) is 37.1 Å². The average molecular weight is 435 g/mol. The molecular weight excluding hydrogens is 408 g/mol.